The Balaban J connectivity index is 1.74. The van der Waals surface area contributed by atoms with E-state index in [1.54, 1.807) is 30.2 Å². The van der Waals surface area contributed by atoms with Crippen molar-refractivity contribution in [1.29, 1.82) is 0 Å². The number of nitrogens with zero attached hydrogens (tertiary/aromatic N) is 4. The number of aromatic nitrogens is 4. The number of rotatable bonds is 5. The third-order valence-electron chi connectivity index (χ3n) is 4.20. The molecule has 0 amide bonds. The molecule has 0 aliphatic heterocycles. The van der Waals surface area contributed by atoms with E-state index in [2.05, 4.69) is 46.4 Å². The summed E-state index contributed by atoms with van der Waals surface area (Å²) in [5, 5.41) is 10.6. The highest BCUT2D eigenvalue weighted by molar-refractivity contribution is 7.98. The molecule has 140 valence electrons. The van der Waals surface area contributed by atoms with Gasteiger partial charge in [-0.05, 0) is 42.8 Å². The van der Waals surface area contributed by atoms with Gasteiger partial charge in [-0.2, -0.15) is 0 Å². The minimum absolute atomic E-state index is 0.486. The lowest BCUT2D eigenvalue weighted by molar-refractivity contribution is 0.886. The Labute approximate surface area is 177 Å². The molecule has 0 spiro atoms. The van der Waals surface area contributed by atoms with Gasteiger partial charge in [0.1, 0.15) is 0 Å². The second-order valence-electron chi connectivity index (χ2n) is 6.26. The molecule has 4 nitrogen and oxygen atoms in total. The van der Waals surface area contributed by atoms with Crippen LogP contribution >= 0.6 is 35.0 Å². The zero-order chi connectivity index (χ0) is 19.5. The summed E-state index contributed by atoms with van der Waals surface area (Å²) in [6.45, 7) is 2.08. The fraction of sp³-hybridized carbons (Fsp3) is 0.0952. The quantitative estimate of drug-likeness (QED) is 0.354. The predicted molar refractivity (Wildman–Crippen MR) is 115 cm³/mol. The summed E-state index contributed by atoms with van der Waals surface area (Å²) in [6.07, 6.45) is 3.50. The van der Waals surface area contributed by atoms with Gasteiger partial charge in [0.2, 0.25) is 0 Å². The molecule has 0 bridgehead atoms. The van der Waals surface area contributed by atoms with E-state index < -0.39 is 0 Å². The zero-order valence-corrected chi connectivity index (χ0v) is 17.3. The van der Waals surface area contributed by atoms with Crippen LogP contribution in [0.1, 0.15) is 11.1 Å². The molecular formula is C21H16Cl2N4S. The van der Waals surface area contributed by atoms with Crippen LogP contribution in [0.4, 0.5) is 0 Å². The largest absolute Gasteiger partial charge is 0.270 e. The van der Waals surface area contributed by atoms with Crippen molar-refractivity contribution in [3.63, 3.8) is 0 Å². The Kier molecular flexibility index (Phi) is 5.67. The molecule has 0 saturated carbocycles. The fourth-order valence-corrected chi connectivity index (χ4v) is 3.93. The summed E-state index contributed by atoms with van der Waals surface area (Å²) < 4.78 is 1.98. The summed E-state index contributed by atoms with van der Waals surface area (Å²) in [5.41, 5.74) is 4.20. The summed E-state index contributed by atoms with van der Waals surface area (Å²) in [4.78, 5) is 4.20. The molecule has 4 rings (SSSR count). The van der Waals surface area contributed by atoms with Gasteiger partial charge in [-0.1, -0.05) is 64.8 Å². The van der Waals surface area contributed by atoms with Gasteiger partial charge in [0.15, 0.2) is 11.0 Å². The molecular weight excluding hydrogens is 411 g/mol. The molecule has 0 fully saturated rings. The van der Waals surface area contributed by atoms with Gasteiger partial charge in [-0.3, -0.25) is 9.55 Å². The minimum atomic E-state index is 0.486. The summed E-state index contributed by atoms with van der Waals surface area (Å²) in [5.74, 6) is 1.49. The minimum Gasteiger partial charge on any atom is -0.270 e. The van der Waals surface area contributed by atoms with E-state index in [4.69, 9.17) is 23.2 Å². The van der Waals surface area contributed by atoms with Crippen molar-refractivity contribution < 1.29 is 0 Å². The summed E-state index contributed by atoms with van der Waals surface area (Å²) in [6, 6.07) is 17.8. The first-order chi connectivity index (χ1) is 13.6. The van der Waals surface area contributed by atoms with E-state index in [0.29, 0.717) is 15.9 Å². The Bertz CT molecular complexity index is 1100. The first kappa shape index (κ1) is 19.0. The lowest BCUT2D eigenvalue weighted by Gasteiger charge is -2.11. The molecule has 0 unspecified atom stereocenters. The molecule has 0 aliphatic carbocycles. The molecule has 2 heterocycles. The smallest absolute Gasteiger partial charge is 0.196 e. The van der Waals surface area contributed by atoms with Crippen molar-refractivity contribution in [2.75, 3.05) is 0 Å². The SMILES string of the molecule is Cc1ccc(CSc2nnc(-c3cccnc3)n2-c2ccc(Cl)c(Cl)c2)cc1. The van der Waals surface area contributed by atoms with Gasteiger partial charge in [0.25, 0.3) is 0 Å². The van der Waals surface area contributed by atoms with Crippen LogP contribution in [-0.4, -0.2) is 19.7 Å². The maximum absolute atomic E-state index is 6.26. The average molecular weight is 427 g/mol. The summed E-state index contributed by atoms with van der Waals surface area (Å²) >= 11 is 14.0. The number of hydrogen-bond donors (Lipinski definition) is 0. The second kappa shape index (κ2) is 8.35. The van der Waals surface area contributed by atoms with E-state index in [0.717, 1.165) is 22.2 Å². The number of halogens is 2. The predicted octanol–water partition coefficient (Wildman–Crippen LogP) is 6.24. The van der Waals surface area contributed by atoms with Gasteiger partial charge < -0.3 is 0 Å². The first-order valence-corrected chi connectivity index (χ1v) is 10.4. The Morgan fingerprint density at radius 2 is 1.79 bits per heavy atom. The van der Waals surface area contributed by atoms with Crippen LogP contribution in [0, 0.1) is 6.92 Å². The van der Waals surface area contributed by atoms with Crippen molar-refractivity contribution in [1.82, 2.24) is 19.7 Å². The highest BCUT2D eigenvalue weighted by Crippen LogP contribution is 2.32. The van der Waals surface area contributed by atoms with Crippen LogP contribution in [0.3, 0.4) is 0 Å². The van der Waals surface area contributed by atoms with Gasteiger partial charge in [0.05, 0.1) is 15.7 Å². The molecule has 0 N–H and O–H groups in total. The third-order valence-corrected chi connectivity index (χ3v) is 5.94. The zero-order valence-electron chi connectivity index (χ0n) is 15.0. The molecule has 2 aromatic heterocycles. The number of pyridine rings is 1. The average Bonchev–Trinajstić information content (AvgIpc) is 3.14. The fourth-order valence-electron chi connectivity index (χ4n) is 2.73. The standard InChI is InChI=1S/C21H16Cl2N4S/c1-14-4-6-15(7-5-14)13-28-21-26-25-20(16-3-2-10-24-12-16)27(21)17-8-9-18(22)19(23)11-17/h2-12H,13H2,1H3. The van der Waals surface area contributed by atoms with Crippen molar-refractivity contribution in [3.8, 4) is 17.1 Å². The van der Waals surface area contributed by atoms with Crippen LogP contribution in [-0.2, 0) is 5.75 Å². The second-order valence-corrected chi connectivity index (χ2v) is 8.01. The van der Waals surface area contributed by atoms with Crippen LogP contribution in [0.15, 0.2) is 72.1 Å². The lowest BCUT2D eigenvalue weighted by Crippen LogP contribution is -2.00. The molecule has 7 heteroatoms. The molecule has 0 radical (unpaired) electrons. The Morgan fingerprint density at radius 3 is 2.50 bits per heavy atom. The highest BCUT2D eigenvalue weighted by atomic mass is 35.5. The number of hydrogen-bond acceptors (Lipinski definition) is 4. The van der Waals surface area contributed by atoms with E-state index in [1.165, 1.54) is 11.1 Å². The van der Waals surface area contributed by atoms with Gasteiger partial charge in [0, 0.05) is 23.7 Å². The molecule has 4 aromatic rings. The third kappa shape index (κ3) is 4.07. The van der Waals surface area contributed by atoms with Crippen LogP contribution in [0.25, 0.3) is 17.1 Å². The number of thioether (sulfide) groups is 1. The van der Waals surface area contributed by atoms with Crippen LogP contribution in [0.2, 0.25) is 10.0 Å². The monoisotopic (exact) mass is 426 g/mol. The van der Waals surface area contributed by atoms with Gasteiger partial charge in [-0.25, -0.2) is 0 Å². The van der Waals surface area contributed by atoms with E-state index >= 15 is 0 Å². The number of aryl methyl sites for hydroxylation is 1. The normalized spacial score (nSPS) is 11.0. The van der Waals surface area contributed by atoms with Crippen molar-refractivity contribution in [2.45, 2.75) is 17.8 Å². The number of benzene rings is 2. The van der Waals surface area contributed by atoms with Crippen LogP contribution in [0.5, 0.6) is 0 Å². The topological polar surface area (TPSA) is 43.6 Å². The van der Waals surface area contributed by atoms with Crippen molar-refractivity contribution in [2.24, 2.45) is 0 Å². The first-order valence-electron chi connectivity index (χ1n) is 8.61. The maximum Gasteiger partial charge on any atom is 0.196 e. The maximum atomic E-state index is 6.26. The lowest BCUT2D eigenvalue weighted by atomic mass is 10.2. The van der Waals surface area contributed by atoms with Gasteiger partial charge >= 0.3 is 0 Å². The van der Waals surface area contributed by atoms with E-state index in [9.17, 15) is 0 Å². The van der Waals surface area contributed by atoms with Crippen molar-refractivity contribution in [3.05, 3.63) is 88.2 Å². The highest BCUT2D eigenvalue weighted by Gasteiger charge is 2.17. The molecule has 0 aliphatic rings. The molecule has 28 heavy (non-hydrogen) atoms. The van der Waals surface area contributed by atoms with E-state index in [-0.39, 0.29) is 0 Å². The van der Waals surface area contributed by atoms with E-state index in [1.807, 2.05) is 28.8 Å². The Morgan fingerprint density at radius 1 is 0.964 bits per heavy atom. The van der Waals surface area contributed by atoms with Crippen LogP contribution < -0.4 is 0 Å². The van der Waals surface area contributed by atoms with Gasteiger partial charge in [-0.15, -0.1) is 10.2 Å². The van der Waals surface area contributed by atoms with Crippen molar-refractivity contribution >= 4 is 35.0 Å². The Hall–Kier alpha value is -2.34. The summed E-state index contributed by atoms with van der Waals surface area (Å²) in [7, 11) is 0. The molecule has 0 saturated heterocycles. The molecule has 2 aromatic carbocycles. The molecule has 0 atom stereocenters.